The molecule has 0 saturated heterocycles. The second-order valence-electron chi connectivity index (χ2n) is 5.74. The molecule has 0 N–H and O–H groups in total. The van der Waals surface area contributed by atoms with Crippen molar-refractivity contribution in [2.75, 3.05) is 0 Å². The minimum atomic E-state index is -4.24. The number of rotatable bonds is 2. The number of fused-ring (bicyclic) bond motifs is 1. The highest BCUT2D eigenvalue weighted by Crippen LogP contribution is 2.82. The summed E-state index contributed by atoms with van der Waals surface area (Å²) in [4.78, 5) is 1.05. The number of aryl methyl sites for hydroxylation is 1. The molecule has 21 heavy (non-hydrogen) atoms. The summed E-state index contributed by atoms with van der Waals surface area (Å²) in [5.41, 5.74) is -2.52. The zero-order valence-corrected chi connectivity index (χ0v) is 14.2. The molecule has 0 amide bonds. The van der Waals surface area contributed by atoms with Gasteiger partial charge in [0.2, 0.25) is 0 Å². The monoisotopic (exact) mass is 378 g/mol. The van der Waals surface area contributed by atoms with E-state index in [1.165, 1.54) is 0 Å². The quantitative estimate of drug-likeness (QED) is 0.531. The highest BCUT2D eigenvalue weighted by Gasteiger charge is 2.56. The van der Waals surface area contributed by atoms with Gasteiger partial charge in [-0.25, -0.2) is 0 Å². The molecule has 1 unspecified atom stereocenters. The number of hydrogen-bond donors (Lipinski definition) is 0. The van der Waals surface area contributed by atoms with E-state index in [4.69, 9.17) is 0 Å². The Labute approximate surface area is 132 Å². The van der Waals surface area contributed by atoms with Gasteiger partial charge < -0.3 is 0 Å². The summed E-state index contributed by atoms with van der Waals surface area (Å²) < 4.78 is 41.7. The fraction of sp³-hybridized carbons (Fsp3) is 0.500. The number of halogens is 4. The second-order valence-corrected chi connectivity index (χ2v) is 11.1. The average molecular weight is 379 g/mol. The highest BCUT2D eigenvalue weighted by atomic mass is 79.9. The third-order valence-electron chi connectivity index (χ3n) is 4.49. The van der Waals surface area contributed by atoms with E-state index in [0.717, 1.165) is 43.2 Å². The van der Waals surface area contributed by atoms with Gasteiger partial charge in [-0.05, 0) is 76.6 Å². The number of allylic oxidation sites excluding steroid dienone is 1. The normalized spacial score (nSPS) is 29.1. The molecule has 5 heteroatoms. The van der Waals surface area contributed by atoms with E-state index in [-0.39, 0.29) is 5.92 Å². The zero-order chi connectivity index (χ0) is 15.3. The van der Waals surface area contributed by atoms with Crippen LogP contribution in [0.4, 0.5) is 13.2 Å². The van der Waals surface area contributed by atoms with Gasteiger partial charge in [0, 0.05) is 4.90 Å². The molecule has 1 aliphatic heterocycles. The van der Waals surface area contributed by atoms with E-state index < -0.39 is 14.0 Å². The minimum Gasteiger partial charge on any atom is -0.160 e. The molecule has 1 fully saturated rings. The molecule has 0 radical (unpaired) electrons. The van der Waals surface area contributed by atoms with Crippen LogP contribution < -0.4 is 0 Å². The summed E-state index contributed by atoms with van der Waals surface area (Å²) in [5, 5.41) is 0. The summed E-state index contributed by atoms with van der Waals surface area (Å²) in [6, 6.07) is 5.55. The summed E-state index contributed by atoms with van der Waals surface area (Å²) in [7, 11) is -3.06. The lowest BCUT2D eigenvalue weighted by Gasteiger charge is -2.37. The van der Waals surface area contributed by atoms with Crippen LogP contribution in [-0.2, 0) is 6.42 Å². The van der Waals surface area contributed by atoms with Crippen LogP contribution in [0.25, 0.3) is 6.08 Å². The lowest BCUT2D eigenvalue weighted by Crippen LogP contribution is -2.18. The Morgan fingerprint density at radius 1 is 1.24 bits per heavy atom. The smallest absolute Gasteiger partial charge is 0.160 e. The molecule has 1 aromatic rings. The Kier molecular flexibility index (Phi) is 3.93. The van der Waals surface area contributed by atoms with Gasteiger partial charge in [-0.1, -0.05) is 31.9 Å². The van der Waals surface area contributed by atoms with E-state index in [1.807, 2.05) is 25.1 Å². The fourth-order valence-corrected chi connectivity index (χ4v) is 7.77. The van der Waals surface area contributed by atoms with Crippen LogP contribution in [0, 0.1) is 5.92 Å². The topological polar surface area (TPSA) is 0 Å². The largest absolute Gasteiger partial charge is 0.442 e. The predicted molar refractivity (Wildman–Crippen MR) is 86.6 cm³/mol. The van der Waals surface area contributed by atoms with Crippen molar-refractivity contribution < 1.29 is 13.2 Å². The SMILES string of the molecule is CCc1ccc2c(c1)S(Br)(C(F)(F)F)C(C1CCCC1)=C2. The first-order valence-electron chi connectivity index (χ1n) is 7.31. The molecule has 0 bridgehead atoms. The third kappa shape index (κ3) is 2.37. The molecular formula is C16H18BrF3S. The molecule has 1 aromatic carbocycles. The summed E-state index contributed by atoms with van der Waals surface area (Å²) in [5.74, 6) is 0.0819. The third-order valence-corrected chi connectivity index (χ3v) is 10.5. The van der Waals surface area contributed by atoms with Crippen molar-refractivity contribution in [2.45, 2.75) is 49.4 Å². The van der Waals surface area contributed by atoms with Gasteiger partial charge in [0.15, 0.2) is 0 Å². The second kappa shape index (κ2) is 5.34. The minimum absolute atomic E-state index is 0.0819. The fourth-order valence-electron chi connectivity index (χ4n) is 3.34. The molecule has 1 saturated carbocycles. The van der Waals surface area contributed by atoms with Crippen LogP contribution >= 0.6 is 23.3 Å². The molecule has 2 aliphatic rings. The van der Waals surface area contributed by atoms with Crippen molar-refractivity contribution >= 4 is 29.4 Å². The van der Waals surface area contributed by atoms with Gasteiger partial charge in [0.25, 0.3) is 0 Å². The van der Waals surface area contributed by atoms with Crippen LogP contribution in [0.1, 0.15) is 43.7 Å². The van der Waals surface area contributed by atoms with Gasteiger partial charge >= 0.3 is 5.51 Å². The first-order chi connectivity index (χ1) is 9.88. The molecule has 116 valence electrons. The molecule has 1 atom stereocenters. The van der Waals surface area contributed by atoms with E-state index in [2.05, 4.69) is 14.8 Å². The molecule has 0 nitrogen and oxygen atoms in total. The van der Waals surface area contributed by atoms with Gasteiger partial charge in [-0.2, -0.15) is 13.2 Å². The maximum absolute atomic E-state index is 13.9. The zero-order valence-electron chi connectivity index (χ0n) is 11.8. The van der Waals surface area contributed by atoms with Crippen LogP contribution in [-0.4, -0.2) is 5.51 Å². The maximum atomic E-state index is 13.9. The Morgan fingerprint density at radius 3 is 2.48 bits per heavy atom. The van der Waals surface area contributed by atoms with Crippen LogP contribution in [0.2, 0.25) is 0 Å². The first kappa shape index (κ1) is 15.5. The molecule has 1 aliphatic carbocycles. The van der Waals surface area contributed by atoms with Crippen LogP contribution in [0.15, 0.2) is 28.0 Å². The van der Waals surface area contributed by atoms with Crippen molar-refractivity contribution in [3.63, 3.8) is 0 Å². The molecule has 3 rings (SSSR count). The lowest BCUT2D eigenvalue weighted by atomic mass is 10.0. The summed E-state index contributed by atoms with van der Waals surface area (Å²) in [6.07, 6.45) is 6.42. The van der Waals surface area contributed by atoms with Gasteiger partial charge in [-0.15, -0.1) is 0 Å². The number of hydrogen-bond acceptors (Lipinski definition) is 0. The predicted octanol–water partition coefficient (Wildman–Crippen LogP) is 6.79. The number of alkyl halides is 3. The van der Waals surface area contributed by atoms with Crippen LogP contribution in [0.3, 0.4) is 0 Å². The average Bonchev–Trinajstić information content (AvgIpc) is 3.04. The van der Waals surface area contributed by atoms with Gasteiger partial charge in [-0.3, -0.25) is 0 Å². The summed E-state index contributed by atoms with van der Waals surface area (Å²) in [6.45, 7) is 1.97. The highest BCUT2D eigenvalue weighted by molar-refractivity contribution is 9.59. The van der Waals surface area contributed by atoms with E-state index in [0.29, 0.717) is 9.80 Å². The van der Waals surface area contributed by atoms with E-state index in [9.17, 15) is 13.2 Å². The molecule has 1 heterocycles. The van der Waals surface area contributed by atoms with Crippen molar-refractivity contribution in [1.82, 2.24) is 0 Å². The van der Waals surface area contributed by atoms with E-state index >= 15 is 0 Å². The molecule has 0 spiro atoms. The first-order valence-corrected chi connectivity index (χ1v) is 10.8. The van der Waals surface area contributed by atoms with Crippen molar-refractivity contribution in [3.8, 4) is 0 Å². The number of benzene rings is 1. The molecule has 0 aromatic heterocycles. The van der Waals surface area contributed by atoms with Crippen molar-refractivity contribution in [1.29, 1.82) is 0 Å². The Balaban J connectivity index is 2.14. The van der Waals surface area contributed by atoms with Crippen molar-refractivity contribution in [2.24, 2.45) is 5.92 Å². The van der Waals surface area contributed by atoms with Crippen molar-refractivity contribution in [3.05, 3.63) is 34.2 Å². The lowest BCUT2D eigenvalue weighted by molar-refractivity contribution is -0.0357. The van der Waals surface area contributed by atoms with Gasteiger partial charge in [0.1, 0.15) is 0 Å². The summed E-state index contributed by atoms with van der Waals surface area (Å²) >= 11 is 3.20. The van der Waals surface area contributed by atoms with Crippen LogP contribution in [0.5, 0.6) is 0 Å². The van der Waals surface area contributed by atoms with E-state index in [1.54, 1.807) is 6.07 Å². The standard InChI is InChI=1S/C16H18BrF3S/c1-2-11-7-8-13-10-15(12-5-3-4-6-12)21(17,14(13)9-11)16(18,19)20/h7-10,12H,2-6H2,1H3. The maximum Gasteiger partial charge on any atom is 0.442 e. The Hall–Kier alpha value is -0.420. The molecular weight excluding hydrogens is 361 g/mol. The Bertz CT molecular complexity index is 588. The Morgan fingerprint density at radius 2 is 1.90 bits per heavy atom. The van der Waals surface area contributed by atoms with Gasteiger partial charge in [0.05, 0.1) is 0 Å².